The van der Waals surface area contributed by atoms with Crippen LogP contribution in [0.4, 0.5) is 0 Å². The van der Waals surface area contributed by atoms with Crippen LogP contribution in [0, 0.1) is 11.3 Å². The van der Waals surface area contributed by atoms with Crippen LogP contribution in [0.25, 0.3) is 0 Å². The zero-order valence-electron chi connectivity index (χ0n) is 12.0. The molecule has 0 radical (unpaired) electrons. The van der Waals surface area contributed by atoms with Crippen LogP contribution in [0.1, 0.15) is 25.0 Å². The Morgan fingerprint density at radius 3 is 2.68 bits per heavy atom. The Morgan fingerprint density at radius 1 is 1.47 bits per heavy atom. The molecule has 0 heterocycles. The fraction of sp³-hybridized carbons (Fsp3) is 0.412. The Morgan fingerprint density at radius 2 is 2.16 bits per heavy atom. The van der Waals surface area contributed by atoms with Crippen molar-refractivity contribution in [1.29, 1.82) is 0 Å². The van der Waals surface area contributed by atoms with Gasteiger partial charge in [-0.05, 0) is 43.2 Å². The van der Waals surface area contributed by atoms with Crippen molar-refractivity contribution in [2.45, 2.75) is 26.7 Å². The Kier molecular flexibility index (Phi) is 3.44. The minimum Gasteiger partial charge on any atom is -0.508 e. The molecule has 0 saturated carbocycles. The molecule has 0 fully saturated rings. The summed E-state index contributed by atoms with van der Waals surface area (Å²) in [4.78, 5) is 0. The topological polar surface area (TPSA) is 29.5 Å². The molecule has 0 aliphatic heterocycles. The lowest BCUT2D eigenvalue weighted by atomic mass is 9.63. The molecule has 0 spiro atoms. The number of ether oxygens (including phenoxy) is 1. The van der Waals surface area contributed by atoms with E-state index in [-0.39, 0.29) is 5.41 Å². The maximum absolute atomic E-state index is 10.1. The first-order valence-corrected chi connectivity index (χ1v) is 6.59. The van der Waals surface area contributed by atoms with Crippen molar-refractivity contribution >= 4 is 0 Å². The van der Waals surface area contributed by atoms with Gasteiger partial charge in [0.05, 0.1) is 7.11 Å². The first-order chi connectivity index (χ1) is 8.92. The first-order valence-electron chi connectivity index (χ1n) is 6.59. The SMILES string of the molecule is C=C[C@]1(C)Cc2c(O)ccc(OC)c2C[C@H]1C(=C)C. The highest BCUT2D eigenvalue weighted by molar-refractivity contribution is 5.51. The largest absolute Gasteiger partial charge is 0.508 e. The van der Waals surface area contributed by atoms with Gasteiger partial charge in [-0.1, -0.05) is 25.2 Å². The number of benzene rings is 1. The molecule has 1 aliphatic carbocycles. The molecule has 0 bridgehead atoms. The van der Waals surface area contributed by atoms with Gasteiger partial charge in [0.25, 0.3) is 0 Å². The second-order valence-corrected chi connectivity index (χ2v) is 5.73. The van der Waals surface area contributed by atoms with E-state index in [1.165, 1.54) is 0 Å². The van der Waals surface area contributed by atoms with Crippen molar-refractivity contribution in [3.8, 4) is 11.5 Å². The molecule has 2 atom stereocenters. The Hall–Kier alpha value is -1.70. The summed E-state index contributed by atoms with van der Waals surface area (Å²) in [6, 6.07) is 3.54. The van der Waals surface area contributed by atoms with Crippen LogP contribution in [0.2, 0.25) is 0 Å². The van der Waals surface area contributed by atoms with E-state index in [1.54, 1.807) is 13.2 Å². The summed E-state index contributed by atoms with van der Waals surface area (Å²) in [6.45, 7) is 12.3. The lowest BCUT2D eigenvalue weighted by molar-refractivity contribution is 0.262. The van der Waals surface area contributed by atoms with Gasteiger partial charge >= 0.3 is 0 Å². The van der Waals surface area contributed by atoms with E-state index in [0.29, 0.717) is 11.7 Å². The van der Waals surface area contributed by atoms with Crippen LogP contribution in [0.5, 0.6) is 11.5 Å². The van der Waals surface area contributed by atoms with Crippen molar-refractivity contribution < 1.29 is 9.84 Å². The van der Waals surface area contributed by atoms with Gasteiger partial charge in [-0.2, -0.15) is 0 Å². The molecule has 1 aliphatic rings. The van der Waals surface area contributed by atoms with Crippen molar-refractivity contribution in [1.82, 2.24) is 0 Å². The lowest BCUT2D eigenvalue weighted by Gasteiger charge is -2.41. The van der Waals surface area contributed by atoms with Crippen molar-refractivity contribution in [3.05, 3.63) is 48.1 Å². The molecule has 1 N–H and O–H groups in total. The van der Waals surface area contributed by atoms with Gasteiger partial charge in [0.1, 0.15) is 11.5 Å². The quantitative estimate of drug-likeness (QED) is 0.834. The zero-order chi connectivity index (χ0) is 14.2. The number of aromatic hydroxyl groups is 1. The van der Waals surface area contributed by atoms with Gasteiger partial charge in [-0.3, -0.25) is 0 Å². The first kappa shape index (κ1) is 13.7. The molecule has 19 heavy (non-hydrogen) atoms. The minimum atomic E-state index is -0.0668. The lowest BCUT2D eigenvalue weighted by Crippen LogP contribution is -2.34. The van der Waals surface area contributed by atoms with E-state index >= 15 is 0 Å². The highest BCUT2D eigenvalue weighted by Gasteiger charge is 2.39. The van der Waals surface area contributed by atoms with Crippen LogP contribution in [-0.2, 0) is 12.8 Å². The van der Waals surface area contributed by atoms with E-state index in [1.807, 2.05) is 12.1 Å². The van der Waals surface area contributed by atoms with Gasteiger partial charge in [-0.25, -0.2) is 0 Å². The molecule has 1 aromatic rings. The molecule has 0 amide bonds. The number of phenols is 1. The summed E-state index contributed by atoms with van der Waals surface area (Å²) >= 11 is 0. The number of hydrogen-bond donors (Lipinski definition) is 1. The van der Waals surface area contributed by atoms with Crippen LogP contribution < -0.4 is 4.74 Å². The Labute approximate surface area is 115 Å². The van der Waals surface area contributed by atoms with Gasteiger partial charge in [0.2, 0.25) is 0 Å². The van der Waals surface area contributed by atoms with E-state index in [4.69, 9.17) is 4.74 Å². The molecule has 2 heteroatoms. The number of phenolic OH excluding ortho intramolecular Hbond substituents is 1. The maximum Gasteiger partial charge on any atom is 0.122 e. The van der Waals surface area contributed by atoms with E-state index in [2.05, 4.69) is 27.0 Å². The summed E-state index contributed by atoms with van der Waals surface area (Å²) in [7, 11) is 1.67. The van der Waals surface area contributed by atoms with E-state index in [9.17, 15) is 5.11 Å². The summed E-state index contributed by atoms with van der Waals surface area (Å²) in [5.74, 6) is 1.53. The highest BCUT2D eigenvalue weighted by atomic mass is 16.5. The number of allylic oxidation sites excluding steroid dienone is 2. The highest BCUT2D eigenvalue weighted by Crippen LogP contribution is 2.48. The van der Waals surface area contributed by atoms with Crippen molar-refractivity contribution in [2.75, 3.05) is 7.11 Å². The standard InChI is InChI=1S/C17H22O2/c1-6-17(4)10-13-12(9-14(17)11(2)3)16(19-5)8-7-15(13)18/h6-8,14,18H,1-2,9-10H2,3-5H3/t14-,17+/m0/s1. The number of fused-ring (bicyclic) bond motifs is 1. The third-order valence-electron chi connectivity index (χ3n) is 4.41. The average molecular weight is 258 g/mol. The molecular formula is C17H22O2. The fourth-order valence-corrected chi connectivity index (χ4v) is 3.16. The minimum absolute atomic E-state index is 0.0668. The van der Waals surface area contributed by atoms with Gasteiger partial charge in [0, 0.05) is 11.1 Å². The molecule has 2 nitrogen and oxygen atoms in total. The summed E-state index contributed by atoms with van der Waals surface area (Å²) in [5.41, 5.74) is 3.18. The Balaban J connectivity index is 2.59. The predicted molar refractivity (Wildman–Crippen MR) is 78.7 cm³/mol. The summed E-state index contributed by atoms with van der Waals surface area (Å²) in [5, 5.41) is 10.1. The third kappa shape index (κ3) is 2.16. The molecule has 2 rings (SSSR count). The molecule has 102 valence electrons. The summed E-state index contributed by atoms with van der Waals surface area (Å²) < 4.78 is 5.43. The normalized spacial score (nSPS) is 25.5. The van der Waals surface area contributed by atoms with Gasteiger partial charge in [-0.15, -0.1) is 6.58 Å². The molecule has 0 unspecified atom stereocenters. The van der Waals surface area contributed by atoms with Gasteiger partial charge in [0.15, 0.2) is 0 Å². The number of hydrogen-bond acceptors (Lipinski definition) is 2. The van der Waals surface area contributed by atoms with Gasteiger partial charge < -0.3 is 9.84 Å². The second-order valence-electron chi connectivity index (χ2n) is 5.73. The van der Waals surface area contributed by atoms with Crippen LogP contribution >= 0.6 is 0 Å². The molecular weight excluding hydrogens is 236 g/mol. The molecule has 0 aromatic heterocycles. The van der Waals surface area contributed by atoms with Crippen LogP contribution in [-0.4, -0.2) is 12.2 Å². The average Bonchev–Trinajstić information content (AvgIpc) is 2.39. The molecule has 0 saturated heterocycles. The monoisotopic (exact) mass is 258 g/mol. The van der Waals surface area contributed by atoms with Crippen molar-refractivity contribution in [2.24, 2.45) is 11.3 Å². The predicted octanol–water partition coefficient (Wildman–Crippen LogP) is 3.88. The summed E-state index contributed by atoms with van der Waals surface area (Å²) in [6.07, 6.45) is 3.60. The smallest absolute Gasteiger partial charge is 0.122 e. The Bertz CT molecular complexity index is 530. The maximum atomic E-state index is 10.1. The van der Waals surface area contributed by atoms with Crippen LogP contribution in [0.3, 0.4) is 0 Å². The van der Waals surface area contributed by atoms with Crippen molar-refractivity contribution in [3.63, 3.8) is 0 Å². The number of methoxy groups -OCH3 is 1. The molecule has 1 aromatic carbocycles. The van der Waals surface area contributed by atoms with E-state index < -0.39 is 0 Å². The van der Waals surface area contributed by atoms with E-state index in [0.717, 1.165) is 35.3 Å². The number of rotatable bonds is 3. The zero-order valence-corrected chi connectivity index (χ0v) is 12.0. The second kappa shape index (κ2) is 4.76. The third-order valence-corrected chi connectivity index (χ3v) is 4.41. The fourth-order valence-electron chi connectivity index (χ4n) is 3.16. The van der Waals surface area contributed by atoms with Crippen LogP contribution in [0.15, 0.2) is 36.9 Å².